The Labute approximate surface area is 220 Å². The van der Waals surface area contributed by atoms with Crippen LogP contribution in [-0.2, 0) is 22.9 Å². The highest BCUT2D eigenvalue weighted by molar-refractivity contribution is 6.65. The van der Waals surface area contributed by atoms with Crippen LogP contribution in [0.15, 0.2) is 42.6 Å². The molecule has 0 atom stereocenters. The molecule has 2 aliphatic rings. The van der Waals surface area contributed by atoms with Gasteiger partial charge in [-0.1, -0.05) is 12.1 Å². The number of nitrogens with zero attached hydrogens (tertiary/aromatic N) is 4. The van der Waals surface area contributed by atoms with E-state index in [1.54, 1.807) is 19.0 Å². The average molecular weight is 502 g/mol. The number of aromatic nitrogens is 2. The van der Waals surface area contributed by atoms with E-state index < -0.39 is 7.12 Å². The van der Waals surface area contributed by atoms with E-state index in [1.807, 2.05) is 24.4 Å². The van der Waals surface area contributed by atoms with Gasteiger partial charge in [-0.25, -0.2) is 4.98 Å². The number of hydrogen-bond acceptors (Lipinski definition) is 5. The summed E-state index contributed by atoms with van der Waals surface area (Å²) in [5, 5.41) is 1.10. The lowest BCUT2D eigenvalue weighted by atomic mass is 9.78. The van der Waals surface area contributed by atoms with Gasteiger partial charge in [-0.2, -0.15) is 0 Å². The molecule has 3 aromatic rings. The smallest absolute Gasteiger partial charge is 0.399 e. The molecule has 1 aromatic carbocycles. The first-order valence-corrected chi connectivity index (χ1v) is 13.3. The number of hydrogen-bond donors (Lipinski definition) is 0. The normalized spacial score (nSPS) is 20.0. The summed E-state index contributed by atoms with van der Waals surface area (Å²) in [4.78, 5) is 21.0. The summed E-state index contributed by atoms with van der Waals surface area (Å²) in [6.07, 6.45) is 4.08. The van der Waals surface area contributed by atoms with Gasteiger partial charge in [-0.3, -0.25) is 9.69 Å². The first-order valence-electron chi connectivity index (χ1n) is 13.3. The third-order valence-electron chi connectivity index (χ3n) is 8.58. The number of carbonyl (C=O) groups is 1. The molecule has 1 amide bonds. The van der Waals surface area contributed by atoms with Gasteiger partial charge in [0.15, 0.2) is 0 Å². The summed E-state index contributed by atoms with van der Waals surface area (Å²) in [6.45, 7) is 11.3. The van der Waals surface area contributed by atoms with Crippen LogP contribution >= 0.6 is 0 Å². The summed E-state index contributed by atoms with van der Waals surface area (Å²) < 4.78 is 14.9. The quantitative estimate of drug-likeness (QED) is 0.495. The molecule has 8 heteroatoms. The van der Waals surface area contributed by atoms with Crippen molar-refractivity contribution in [1.82, 2.24) is 19.4 Å². The van der Waals surface area contributed by atoms with Crippen molar-refractivity contribution in [2.24, 2.45) is 7.05 Å². The molecular weight excluding hydrogens is 463 g/mol. The maximum Gasteiger partial charge on any atom is 0.495 e. The number of fused-ring (bicyclic) bond motifs is 1. The minimum atomic E-state index is -0.402. The second-order valence-electron chi connectivity index (χ2n) is 11.8. The summed E-state index contributed by atoms with van der Waals surface area (Å²) >= 11 is 0. The average Bonchev–Trinajstić information content (AvgIpc) is 3.29. The van der Waals surface area contributed by atoms with E-state index in [0.29, 0.717) is 5.92 Å². The van der Waals surface area contributed by atoms with Crippen LogP contribution in [-0.4, -0.2) is 70.8 Å². The lowest BCUT2D eigenvalue weighted by Crippen LogP contribution is -2.41. The Balaban J connectivity index is 1.27. The first-order chi connectivity index (χ1) is 17.5. The van der Waals surface area contributed by atoms with Gasteiger partial charge in [0, 0.05) is 50.5 Å². The zero-order valence-electron chi connectivity index (χ0n) is 23.2. The van der Waals surface area contributed by atoms with Gasteiger partial charge < -0.3 is 18.8 Å². The Kier molecular flexibility index (Phi) is 6.71. The van der Waals surface area contributed by atoms with Crippen molar-refractivity contribution in [2.75, 3.05) is 27.2 Å². The minimum Gasteiger partial charge on any atom is -0.399 e. The Hall–Kier alpha value is -2.68. The molecule has 5 rings (SSSR count). The van der Waals surface area contributed by atoms with Crippen LogP contribution in [0.2, 0.25) is 0 Å². The molecule has 196 valence electrons. The lowest BCUT2D eigenvalue weighted by molar-refractivity contribution is 0.00578. The third-order valence-corrected chi connectivity index (χ3v) is 8.58. The monoisotopic (exact) mass is 502 g/mol. The van der Waals surface area contributed by atoms with Gasteiger partial charge in [0.1, 0.15) is 5.65 Å². The van der Waals surface area contributed by atoms with Crippen molar-refractivity contribution in [1.29, 1.82) is 0 Å². The number of benzene rings is 1. The van der Waals surface area contributed by atoms with Crippen LogP contribution in [0, 0.1) is 0 Å². The molecule has 0 spiro atoms. The number of amides is 1. The Morgan fingerprint density at radius 3 is 2.27 bits per heavy atom. The summed E-state index contributed by atoms with van der Waals surface area (Å²) in [5.41, 5.74) is 4.57. The minimum absolute atomic E-state index is 0.0486. The number of pyridine rings is 1. The molecule has 2 saturated heterocycles. The van der Waals surface area contributed by atoms with E-state index >= 15 is 0 Å². The molecule has 2 fully saturated rings. The summed E-state index contributed by atoms with van der Waals surface area (Å²) in [7, 11) is 5.27. The van der Waals surface area contributed by atoms with Crippen molar-refractivity contribution in [3.05, 3.63) is 59.4 Å². The van der Waals surface area contributed by atoms with E-state index in [2.05, 4.69) is 67.4 Å². The highest BCUT2D eigenvalue weighted by Gasteiger charge is 2.52. The van der Waals surface area contributed by atoms with E-state index in [-0.39, 0.29) is 17.1 Å². The lowest BCUT2D eigenvalue weighted by Gasteiger charge is -2.32. The van der Waals surface area contributed by atoms with Gasteiger partial charge in [-0.05, 0) is 94.8 Å². The molecule has 37 heavy (non-hydrogen) atoms. The highest BCUT2D eigenvalue weighted by Crippen LogP contribution is 2.37. The summed E-state index contributed by atoms with van der Waals surface area (Å²) in [6, 6.07) is 12.5. The number of rotatable bonds is 5. The van der Waals surface area contributed by atoms with Crippen LogP contribution in [0.5, 0.6) is 0 Å². The van der Waals surface area contributed by atoms with Crippen LogP contribution in [0.3, 0.4) is 0 Å². The Bertz CT molecular complexity index is 1270. The van der Waals surface area contributed by atoms with Gasteiger partial charge in [-0.15, -0.1) is 0 Å². The zero-order valence-corrected chi connectivity index (χ0v) is 23.2. The molecular formula is C29H39BN4O3. The van der Waals surface area contributed by atoms with Gasteiger partial charge in [0.05, 0.1) is 11.2 Å². The number of carbonyl (C=O) groups excluding carboxylic acids is 1. The van der Waals surface area contributed by atoms with E-state index in [4.69, 9.17) is 9.31 Å². The van der Waals surface area contributed by atoms with Crippen LogP contribution in [0.25, 0.3) is 11.0 Å². The van der Waals surface area contributed by atoms with Crippen molar-refractivity contribution < 1.29 is 14.1 Å². The molecule has 0 bridgehead atoms. The molecule has 0 N–H and O–H groups in total. The van der Waals surface area contributed by atoms with Gasteiger partial charge in [0.25, 0.3) is 5.91 Å². The molecule has 4 heterocycles. The topological polar surface area (TPSA) is 59.8 Å². The summed E-state index contributed by atoms with van der Waals surface area (Å²) in [5.74, 6) is 0.580. The second-order valence-corrected chi connectivity index (χ2v) is 11.8. The Morgan fingerprint density at radius 1 is 1.05 bits per heavy atom. The van der Waals surface area contributed by atoms with Crippen molar-refractivity contribution in [3.8, 4) is 0 Å². The Morgan fingerprint density at radius 2 is 1.68 bits per heavy atom. The molecule has 2 aliphatic heterocycles. The standard InChI is InChI=1S/C29H39BN4O3/c1-28(2)29(3,4)37-30(36-28)25-12-15-31-26-24(25)18-23(33(26)7)19-34-16-13-21(14-17-34)20-8-10-22(11-9-20)27(35)32(5)6/h8-12,15,18,21H,13-14,16-17,19H2,1-7H3. The van der Waals surface area contributed by atoms with Crippen LogP contribution in [0.1, 0.15) is 68.1 Å². The first kappa shape index (κ1) is 26.0. The maximum absolute atomic E-state index is 12.2. The van der Waals surface area contributed by atoms with Crippen LogP contribution in [0.4, 0.5) is 0 Å². The van der Waals surface area contributed by atoms with E-state index in [0.717, 1.165) is 54.5 Å². The number of likely N-dealkylation sites (tertiary alicyclic amines) is 1. The predicted octanol–water partition coefficient (Wildman–Crippen LogP) is 3.95. The largest absolute Gasteiger partial charge is 0.495 e. The van der Waals surface area contributed by atoms with Crippen molar-refractivity contribution >= 4 is 29.5 Å². The second kappa shape index (κ2) is 9.57. The van der Waals surface area contributed by atoms with Crippen molar-refractivity contribution in [3.63, 3.8) is 0 Å². The van der Waals surface area contributed by atoms with E-state index in [1.165, 1.54) is 11.3 Å². The molecule has 2 aromatic heterocycles. The van der Waals surface area contributed by atoms with Gasteiger partial charge in [0.2, 0.25) is 0 Å². The molecule has 0 aliphatic carbocycles. The maximum atomic E-state index is 12.2. The predicted molar refractivity (Wildman–Crippen MR) is 148 cm³/mol. The molecule has 0 radical (unpaired) electrons. The van der Waals surface area contributed by atoms with Gasteiger partial charge >= 0.3 is 7.12 Å². The van der Waals surface area contributed by atoms with Crippen molar-refractivity contribution in [2.45, 2.75) is 64.2 Å². The SMILES string of the molecule is CN(C)C(=O)c1ccc(C2CCN(Cc3cc4c(B5OC(C)(C)C(C)(C)O5)ccnc4n3C)CC2)cc1. The number of aryl methyl sites for hydroxylation is 1. The zero-order chi connectivity index (χ0) is 26.5. The van der Waals surface area contributed by atoms with Crippen LogP contribution < -0.4 is 5.46 Å². The molecule has 0 unspecified atom stereocenters. The fourth-order valence-corrected chi connectivity index (χ4v) is 5.43. The highest BCUT2D eigenvalue weighted by atomic mass is 16.7. The fraction of sp³-hybridized carbons (Fsp3) is 0.517. The molecule has 7 nitrogen and oxygen atoms in total. The van der Waals surface area contributed by atoms with E-state index in [9.17, 15) is 4.79 Å². The third kappa shape index (κ3) is 4.82. The number of piperidine rings is 1. The molecule has 0 saturated carbocycles. The fourth-order valence-electron chi connectivity index (χ4n) is 5.43.